The van der Waals surface area contributed by atoms with Crippen LogP contribution in [0.4, 0.5) is 11.6 Å². The van der Waals surface area contributed by atoms with Gasteiger partial charge in [0.2, 0.25) is 11.8 Å². The number of rotatable bonds is 5. The largest absolute Gasteiger partial charge is 0.480 e. The minimum absolute atomic E-state index is 0.0990. The third-order valence-corrected chi connectivity index (χ3v) is 5.45. The number of hydrogen-bond donors (Lipinski definition) is 2. The summed E-state index contributed by atoms with van der Waals surface area (Å²) in [5.74, 6) is -0.121. The molecule has 35 heavy (non-hydrogen) atoms. The van der Waals surface area contributed by atoms with Crippen molar-refractivity contribution in [2.45, 2.75) is 0 Å². The topological polar surface area (TPSA) is 125 Å². The molecule has 172 valence electrons. The Labute approximate surface area is 199 Å². The molecule has 0 atom stereocenters. The number of ether oxygens (including phenoxy) is 1. The van der Waals surface area contributed by atoms with Crippen molar-refractivity contribution in [3.63, 3.8) is 0 Å². The number of fused-ring (bicyclic) bond motifs is 1. The average Bonchev–Trinajstić information content (AvgIpc) is 2.89. The van der Waals surface area contributed by atoms with Crippen LogP contribution in [0.3, 0.4) is 0 Å². The Bertz CT molecular complexity index is 1600. The molecule has 9 heteroatoms. The average molecular weight is 464 g/mol. The Morgan fingerprint density at radius 1 is 1.00 bits per heavy atom. The molecule has 0 saturated carbocycles. The molecule has 3 aromatic heterocycles. The first kappa shape index (κ1) is 21.8. The molecule has 2 aromatic carbocycles. The lowest BCUT2D eigenvalue weighted by Gasteiger charge is -2.12. The maximum absolute atomic E-state index is 13.3. The number of amides is 1. The number of benzene rings is 2. The second-order valence-electron chi connectivity index (χ2n) is 7.65. The number of nitrogens with two attached hydrogens (primary N) is 1. The predicted octanol–water partition coefficient (Wildman–Crippen LogP) is 3.69. The van der Waals surface area contributed by atoms with Crippen molar-refractivity contribution < 1.29 is 9.53 Å². The molecular formula is C26H20N6O3. The fourth-order valence-electron chi connectivity index (χ4n) is 3.78. The van der Waals surface area contributed by atoms with Gasteiger partial charge in [-0.05, 0) is 48.0 Å². The van der Waals surface area contributed by atoms with E-state index in [4.69, 9.17) is 10.5 Å². The Hall–Kier alpha value is -5.05. The van der Waals surface area contributed by atoms with Crippen LogP contribution in [0.1, 0.15) is 10.4 Å². The Balaban J connectivity index is 1.59. The van der Waals surface area contributed by atoms with E-state index in [9.17, 15) is 9.59 Å². The van der Waals surface area contributed by atoms with E-state index in [2.05, 4.69) is 20.3 Å². The number of nitrogens with one attached hydrogen (secondary N) is 1. The number of hydrogen-bond acceptors (Lipinski definition) is 7. The van der Waals surface area contributed by atoms with Crippen LogP contribution < -0.4 is 21.3 Å². The second kappa shape index (κ2) is 9.06. The van der Waals surface area contributed by atoms with Gasteiger partial charge in [0.25, 0.3) is 11.5 Å². The van der Waals surface area contributed by atoms with Crippen molar-refractivity contribution in [3.05, 3.63) is 101 Å². The van der Waals surface area contributed by atoms with E-state index in [0.29, 0.717) is 33.4 Å². The van der Waals surface area contributed by atoms with Crippen molar-refractivity contribution in [3.8, 4) is 22.7 Å². The normalized spacial score (nSPS) is 10.8. The molecule has 0 spiro atoms. The van der Waals surface area contributed by atoms with Crippen LogP contribution in [0, 0.1) is 0 Å². The number of pyridine rings is 2. The number of aromatic nitrogens is 4. The highest BCUT2D eigenvalue weighted by Gasteiger charge is 2.17. The first-order chi connectivity index (χ1) is 17.0. The molecule has 0 unspecified atom stereocenters. The molecule has 0 fully saturated rings. The molecule has 0 aliphatic carbocycles. The highest BCUT2D eigenvalue weighted by molar-refractivity contribution is 6.06. The summed E-state index contributed by atoms with van der Waals surface area (Å²) in [5, 5.41) is 3.17. The summed E-state index contributed by atoms with van der Waals surface area (Å²) in [6.45, 7) is 0. The van der Waals surface area contributed by atoms with Crippen LogP contribution in [0.25, 0.3) is 27.7 Å². The summed E-state index contributed by atoms with van der Waals surface area (Å²) in [4.78, 5) is 39.0. The van der Waals surface area contributed by atoms with Gasteiger partial charge < -0.3 is 15.8 Å². The van der Waals surface area contributed by atoms with Gasteiger partial charge in [-0.15, -0.1) is 0 Å². The van der Waals surface area contributed by atoms with E-state index in [0.717, 1.165) is 0 Å². The van der Waals surface area contributed by atoms with E-state index in [1.165, 1.54) is 11.7 Å². The molecule has 0 aliphatic heterocycles. The number of nitrogens with zero attached hydrogens (tertiary/aromatic N) is 4. The van der Waals surface area contributed by atoms with Gasteiger partial charge in [-0.2, -0.15) is 0 Å². The number of methoxy groups -OCH3 is 1. The first-order valence-corrected chi connectivity index (χ1v) is 10.7. The summed E-state index contributed by atoms with van der Waals surface area (Å²) in [6.07, 6.45) is 4.75. The zero-order chi connectivity index (χ0) is 24.4. The summed E-state index contributed by atoms with van der Waals surface area (Å²) < 4.78 is 6.66. The number of anilines is 2. The van der Waals surface area contributed by atoms with E-state index in [1.807, 2.05) is 18.2 Å². The van der Waals surface area contributed by atoms with Crippen molar-refractivity contribution >= 4 is 28.4 Å². The van der Waals surface area contributed by atoms with Gasteiger partial charge in [0.15, 0.2) is 0 Å². The molecule has 5 rings (SSSR count). The lowest BCUT2D eigenvalue weighted by molar-refractivity contribution is 0.102. The summed E-state index contributed by atoms with van der Waals surface area (Å²) in [5.41, 5.74) is 9.00. The minimum atomic E-state index is -0.397. The number of carbonyl (C=O) groups is 1. The highest BCUT2D eigenvalue weighted by atomic mass is 16.5. The summed E-state index contributed by atoms with van der Waals surface area (Å²) >= 11 is 0. The molecule has 5 aromatic rings. The summed E-state index contributed by atoms with van der Waals surface area (Å²) in [6, 6.07) is 19.4. The van der Waals surface area contributed by atoms with Crippen LogP contribution in [0.15, 0.2) is 90.1 Å². The zero-order valence-electron chi connectivity index (χ0n) is 18.7. The van der Waals surface area contributed by atoms with Gasteiger partial charge in [0.1, 0.15) is 5.56 Å². The first-order valence-electron chi connectivity index (χ1n) is 10.7. The lowest BCUT2D eigenvalue weighted by Crippen LogP contribution is -2.23. The molecule has 0 radical (unpaired) electrons. The van der Waals surface area contributed by atoms with E-state index in [1.54, 1.807) is 67.1 Å². The number of nitrogen functional groups attached to an aromatic ring is 1. The third-order valence-electron chi connectivity index (χ3n) is 5.45. The minimum Gasteiger partial charge on any atom is -0.480 e. The van der Waals surface area contributed by atoms with E-state index in [-0.39, 0.29) is 23.0 Å². The number of para-hydroxylation sites is 1. The summed E-state index contributed by atoms with van der Waals surface area (Å²) in [7, 11) is 1.45. The maximum Gasteiger partial charge on any atom is 0.267 e. The predicted molar refractivity (Wildman–Crippen MR) is 134 cm³/mol. The SMILES string of the molecule is COc1ncc(-c2ccc3nc(N)n(-c4ccccc4)c(=O)c3c2)cc1C(=O)Nc1cccnc1. The maximum atomic E-state index is 13.3. The van der Waals surface area contributed by atoms with Gasteiger partial charge in [-0.1, -0.05) is 24.3 Å². The molecule has 3 heterocycles. The Morgan fingerprint density at radius 3 is 2.57 bits per heavy atom. The Kier molecular flexibility index (Phi) is 5.64. The molecule has 0 bridgehead atoms. The van der Waals surface area contributed by atoms with Crippen molar-refractivity contribution in [2.75, 3.05) is 18.2 Å². The van der Waals surface area contributed by atoms with Crippen LogP contribution >= 0.6 is 0 Å². The van der Waals surface area contributed by atoms with Gasteiger partial charge in [0, 0.05) is 18.0 Å². The monoisotopic (exact) mass is 464 g/mol. The second-order valence-corrected chi connectivity index (χ2v) is 7.65. The smallest absolute Gasteiger partial charge is 0.267 e. The lowest BCUT2D eigenvalue weighted by atomic mass is 10.0. The molecule has 0 saturated heterocycles. The fourth-order valence-corrected chi connectivity index (χ4v) is 3.78. The van der Waals surface area contributed by atoms with Crippen LogP contribution in [0.2, 0.25) is 0 Å². The molecule has 1 amide bonds. The molecular weight excluding hydrogens is 444 g/mol. The molecule has 9 nitrogen and oxygen atoms in total. The van der Waals surface area contributed by atoms with Crippen molar-refractivity contribution in [1.82, 2.24) is 19.5 Å². The van der Waals surface area contributed by atoms with E-state index < -0.39 is 5.91 Å². The van der Waals surface area contributed by atoms with Gasteiger partial charge >= 0.3 is 0 Å². The van der Waals surface area contributed by atoms with Gasteiger partial charge in [-0.25, -0.2) is 14.5 Å². The van der Waals surface area contributed by atoms with Crippen LogP contribution in [-0.2, 0) is 0 Å². The van der Waals surface area contributed by atoms with Gasteiger partial charge in [0.05, 0.1) is 35.6 Å². The number of carbonyl (C=O) groups excluding carboxylic acids is 1. The third kappa shape index (κ3) is 4.18. The van der Waals surface area contributed by atoms with E-state index >= 15 is 0 Å². The van der Waals surface area contributed by atoms with Gasteiger partial charge in [-0.3, -0.25) is 14.6 Å². The Morgan fingerprint density at radius 2 is 1.83 bits per heavy atom. The zero-order valence-corrected chi connectivity index (χ0v) is 18.7. The highest BCUT2D eigenvalue weighted by Crippen LogP contribution is 2.27. The molecule has 3 N–H and O–H groups in total. The quantitative estimate of drug-likeness (QED) is 0.406. The van der Waals surface area contributed by atoms with Crippen LogP contribution in [0.5, 0.6) is 5.88 Å². The van der Waals surface area contributed by atoms with Crippen molar-refractivity contribution in [1.29, 1.82) is 0 Å². The molecule has 0 aliphatic rings. The fraction of sp³-hybridized carbons (Fsp3) is 0.0385. The van der Waals surface area contributed by atoms with Crippen molar-refractivity contribution in [2.24, 2.45) is 0 Å². The standard InChI is InChI=1S/C26H20N6O3/c1-35-24-21(23(33)30-18-6-5-11-28-15-18)13-17(14-29-24)16-9-10-22-20(12-16)25(34)32(26(27)31-22)19-7-3-2-4-8-19/h2-15H,1H3,(H2,27,31)(H,30,33). The van der Waals surface area contributed by atoms with Crippen LogP contribution in [-0.4, -0.2) is 32.5 Å².